The summed E-state index contributed by atoms with van der Waals surface area (Å²) in [5.74, 6) is 1.97. The van der Waals surface area contributed by atoms with Crippen molar-refractivity contribution in [2.75, 3.05) is 0 Å². The van der Waals surface area contributed by atoms with Gasteiger partial charge in [0.15, 0.2) is 17.5 Å². The number of rotatable bonds is 5. The van der Waals surface area contributed by atoms with Gasteiger partial charge in [0.2, 0.25) is 0 Å². The van der Waals surface area contributed by atoms with E-state index in [0.717, 1.165) is 22.3 Å². The van der Waals surface area contributed by atoms with Gasteiger partial charge in [-0.25, -0.2) is 15.0 Å². The third kappa shape index (κ3) is 4.73. The first-order valence-corrected chi connectivity index (χ1v) is 14.8. The minimum Gasteiger partial charge on any atom is -0.381 e. The molecule has 8 rings (SSSR count). The highest BCUT2D eigenvalue weighted by Gasteiger charge is 2.20. The van der Waals surface area contributed by atoms with Crippen LogP contribution in [0.1, 0.15) is 5.56 Å². The Morgan fingerprint density at radius 1 is 0.455 bits per heavy atom. The second kappa shape index (κ2) is 11.1. The molecule has 0 radical (unpaired) electrons. The number of aromatic nitrogens is 3. The predicted molar refractivity (Wildman–Crippen MR) is 180 cm³/mol. The molecular formula is C40H28N4. The van der Waals surface area contributed by atoms with Crippen molar-refractivity contribution in [2.45, 2.75) is 6.04 Å². The molecule has 1 aromatic heterocycles. The maximum Gasteiger partial charge on any atom is 0.164 e. The van der Waals surface area contributed by atoms with Gasteiger partial charge in [-0.05, 0) is 50.9 Å². The molecule has 1 N–H and O–H groups in total. The highest BCUT2D eigenvalue weighted by atomic mass is 15.0. The SMILES string of the molecule is C1=CC2=C(c3ccc(-c4ccc(-c5nc(-c6ccccc6)nc(-c6ccccc6)n5)cc4)c4ccccc34)C=CNC2C=C1. The third-order valence-electron chi connectivity index (χ3n) is 8.23. The van der Waals surface area contributed by atoms with Crippen molar-refractivity contribution in [2.24, 2.45) is 0 Å². The van der Waals surface area contributed by atoms with Crippen molar-refractivity contribution in [1.29, 1.82) is 0 Å². The van der Waals surface area contributed by atoms with Crippen LogP contribution in [0.25, 0.3) is 61.6 Å². The quantitative estimate of drug-likeness (QED) is 0.227. The lowest BCUT2D eigenvalue weighted by atomic mass is 9.86. The Bertz CT molecular complexity index is 2070. The Morgan fingerprint density at radius 2 is 0.977 bits per heavy atom. The van der Waals surface area contributed by atoms with Gasteiger partial charge in [0.1, 0.15) is 0 Å². The van der Waals surface area contributed by atoms with Crippen molar-refractivity contribution < 1.29 is 0 Å². The molecule has 1 atom stereocenters. The van der Waals surface area contributed by atoms with Crippen LogP contribution >= 0.6 is 0 Å². The van der Waals surface area contributed by atoms with Crippen LogP contribution in [0.5, 0.6) is 0 Å². The van der Waals surface area contributed by atoms with Gasteiger partial charge in [-0.1, -0.05) is 146 Å². The van der Waals surface area contributed by atoms with Gasteiger partial charge in [-0.3, -0.25) is 0 Å². The highest BCUT2D eigenvalue weighted by Crippen LogP contribution is 2.38. The van der Waals surface area contributed by atoms with Crippen molar-refractivity contribution in [3.05, 3.63) is 169 Å². The molecule has 208 valence electrons. The van der Waals surface area contributed by atoms with Gasteiger partial charge >= 0.3 is 0 Å². The molecule has 0 amide bonds. The van der Waals surface area contributed by atoms with E-state index in [1.807, 2.05) is 60.7 Å². The zero-order valence-corrected chi connectivity index (χ0v) is 23.9. The summed E-state index contributed by atoms with van der Waals surface area (Å²) in [7, 11) is 0. The van der Waals surface area contributed by atoms with Gasteiger partial charge in [0, 0.05) is 16.7 Å². The molecule has 2 aliphatic rings. The monoisotopic (exact) mass is 564 g/mol. The first-order chi connectivity index (χ1) is 21.8. The van der Waals surface area contributed by atoms with Crippen molar-refractivity contribution in [1.82, 2.24) is 20.3 Å². The second-order valence-electron chi connectivity index (χ2n) is 10.9. The topological polar surface area (TPSA) is 50.7 Å². The minimum atomic E-state index is 0.200. The number of benzene rings is 5. The maximum absolute atomic E-state index is 4.90. The number of allylic oxidation sites excluding steroid dienone is 4. The average Bonchev–Trinajstić information content (AvgIpc) is 3.11. The van der Waals surface area contributed by atoms with Crippen LogP contribution < -0.4 is 5.32 Å². The number of dihydropyridines is 1. The highest BCUT2D eigenvalue weighted by molar-refractivity contribution is 6.05. The Labute approximate surface area is 256 Å². The summed E-state index contributed by atoms with van der Waals surface area (Å²) in [5.41, 5.74) is 9.00. The molecule has 4 nitrogen and oxygen atoms in total. The molecule has 0 spiro atoms. The van der Waals surface area contributed by atoms with Crippen LogP contribution in [0.2, 0.25) is 0 Å². The van der Waals surface area contributed by atoms with E-state index < -0.39 is 0 Å². The lowest BCUT2D eigenvalue weighted by molar-refractivity contribution is 0.799. The summed E-state index contributed by atoms with van der Waals surface area (Å²) >= 11 is 0. The summed E-state index contributed by atoms with van der Waals surface area (Å²) in [6, 6.07) is 42.1. The fraction of sp³-hybridized carbons (Fsp3) is 0.0250. The largest absolute Gasteiger partial charge is 0.381 e. The zero-order chi connectivity index (χ0) is 29.3. The molecule has 1 aliphatic heterocycles. The predicted octanol–water partition coefficient (Wildman–Crippen LogP) is 9.06. The molecule has 1 unspecified atom stereocenters. The van der Waals surface area contributed by atoms with E-state index in [2.05, 4.69) is 103 Å². The van der Waals surface area contributed by atoms with Crippen LogP contribution in [-0.4, -0.2) is 21.0 Å². The Kier molecular flexibility index (Phi) is 6.50. The second-order valence-corrected chi connectivity index (χ2v) is 10.9. The smallest absolute Gasteiger partial charge is 0.164 e. The summed E-state index contributed by atoms with van der Waals surface area (Å²) in [6.07, 6.45) is 12.9. The van der Waals surface area contributed by atoms with Crippen LogP contribution in [0.15, 0.2) is 163 Å². The van der Waals surface area contributed by atoms with E-state index in [1.165, 1.54) is 33.0 Å². The molecule has 0 saturated heterocycles. The first kappa shape index (κ1) is 25.8. The number of nitrogens with one attached hydrogen (secondary N) is 1. The molecular weight excluding hydrogens is 536 g/mol. The summed E-state index contributed by atoms with van der Waals surface area (Å²) in [6.45, 7) is 0. The first-order valence-electron chi connectivity index (χ1n) is 14.8. The zero-order valence-electron chi connectivity index (χ0n) is 23.9. The molecule has 4 heteroatoms. The van der Waals surface area contributed by atoms with E-state index in [-0.39, 0.29) is 6.04 Å². The number of hydrogen-bond donors (Lipinski definition) is 1. The average molecular weight is 565 g/mol. The molecule has 6 aromatic rings. The van der Waals surface area contributed by atoms with Gasteiger partial charge in [0.25, 0.3) is 0 Å². The summed E-state index contributed by atoms with van der Waals surface area (Å²) in [5, 5.41) is 5.92. The van der Waals surface area contributed by atoms with Gasteiger partial charge in [-0.2, -0.15) is 0 Å². The van der Waals surface area contributed by atoms with E-state index in [1.54, 1.807) is 0 Å². The van der Waals surface area contributed by atoms with Gasteiger partial charge < -0.3 is 5.32 Å². The number of nitrogens with zero attached hydrogens (tertiary/aromatic N) is 3. The lowest BCUT2D eigenvalue weighted by Crippen LogP contribution is -2.27. The van der Waals surface area contributed by atoms with Crippen molar-refractivity contribution in [3.8, 4) is 45.3 Å². The van der Waals surface area contributed by atoms with Crippen LogP contribution in [-0.2, 0) is 0 Å². The summed E-state index contributed by atoms with van der Waals surface area (Å²) < 4.78 is 0. The Balaban J connectivity index is 1.20. The molecule has 0 bridgehead atoms. The van der Waals surface area contributed by atoms with Crippen LogP contribution in [0.4, 0.5) is 0 Å². The fourth-order valence-electron chi connectivity index (χ4n) is 6.04. The molecule has 0 saturated carbocycles. The van der Waals surface area contributed by atoms with Crippen molar-refractivity contribution >= 4 is 16.3 Å². The van der Waals surface area contributed by atoms with Gasteiger partial charge in [0.05, 0.1) is 6.04 Å². The Hall–Kier alpha value is -5.87. The van der Waals surface area contributed by atoms with E-state index in [9.17, 15) is 0 Å². The number of fused-ring (bicyclic) bond motifs is 2. The normalized spacial score (nSPS) is 15.3. The third-order valence-corrected chi connectivity index (χ3v) is 8.23. The van der Waals surface area contributed by atoms with E-state index >= 15 is 0 Å². The van der Waals surface area contributed by atoms with Crippen LogP contribution in [0.3, 0.4) is 0 Å². The van der Waals surface area contributed by atoms with Crippen molar-refractivity contribution in [3.63, 3.8) is 0 Å². The standard InChI is InChI=1S/C40H28N4/c1-3-11-28(12-4-1)38-42-39(29-13-5-2-6-14-29)44-40(43-38)30-21-19-27(20-22-30)31-23-24-34(33-16-8-7-15-32(31)33)35-25-26-41-37-18-10-9-17-36(35)37/h1-26,37,41H. The lowest BCUT2D eigenvalue weighted by Gasteiger charge is -2.25. The number of hydrogen-bond acceptors (Lipinski definition) is 4. The molecule has 44 heavy (non-hydrogen) atoms. The molecule has 1 aliphatic carbocycles. The van der Waals surface area contributed by atoms with Gasteiger partial charge in [-0.15, -0.1) is 0 Å². The van der Waals surface area contributed by atoms with E-state index in [0.29, 0.717) is 17.5 Å². The molecule has 0 fully saturated rings. The molecule has 2 heterocycles. The minimum absolute atomic E-state index is 0.200. The maximum atomic E-state index is 4.90. The van der Waals surface area contributed by atoms with E-state index in [4.69, 9.17) is 15.0 Å². The summed E-state index contributed by atoms with van der Waals surface area (Å²) in [4.78, 5) is 14.6. The Morgan fingerprint density at radius 3 is 1.61 bits per heavy atom. The van der Waals surface area contributed by atoms with Crippen LogP contribution in [0, 0.1) is 0 Å². The molecule has 5 aromatic carbocycles. The fourth-order valence-corrected chi connectivity index (χ4v) is 6.04.